The third-order valence-corrected chi connectivity index (χ3v) is 29.9. The average molecular weight is 1640 g/mol. The van der Waals surface area contributed by atoms with Crippen LogP contribution in [0.4, 0.5) is 68.2 Å². The molecule has 0 bridgehead atoms. The highest BCUT2D eigenvalue weighted by Crippen LogP contribution is 2.57. The van der Waals surface area contributed by atoms with Gasteiger partial charge in [-0.05, 0) is 341 Å². The molecular formula is C114H127BCl2N4. The molecule has 0 unspecified atom stereocenters. The lowest BCUT2D eigenvalue weighted by atomic mass is 9.33. The molecular weight excluding hydrogens is 1510 g/mol. The Labute approximate surface area is 736 Å². The quantitative estimate of drug-likeness (QED) is 0.127. The number of rotatable bonds is 10. The molecule has 12 aromatic carbocycles. The summed E-state index contributed by atoms with van der Waals surface area (Å²) in [5.41, 5.74) is 40.5. The van der Waals surface area contributed by atoms with Gasteiger partial charge in [-0.3, -0.25) is 0 Å². The van der Waals surface area contributed by atoms with Crippen molar-refractivity contribution in [2.75, 3.05) is 19.6 Å². The van der Waals surface area contributed by atoms with Gasteiger partial charge in [0.05, 0.1) is 11.4 Å². The molecule has 0 amide bonds. The van der Waals surface area contributed by atoms with E-state index < -0.39 is 0 Å². The maximum Gasteiger partial charge on any atom is 0.252 e. The third-order valence-electron chi connectivity index (χ3n) is 29.4. The van der Waals surface area contributed by atoms with E-state index in [0.29, 0.717) is 5.02 Å². The lowest BCUT2D eigenvalue weighted by Crippen LogP contribution is -2.62. The number of aryl methyl sites for hydroxylation is 2. The van der Waals surface area contributed by atoms with Gasteiger partial charge in [0.1, 0.15) is 0 Å². The molecule has 0 atom stereocenters. The summed E-state index contributed by atoms with van der Waals surface area (Å²) in [7, 11) is 0. The zero-order valence-corrected chi connectivity index (χ0v) is 78.3. The van der Waals surface area contributed by atoms with E-state index in [1.54, 1.807) is 0 Å². The standard InChI is InChI=1S/C57H62BClN2.C57H65ClN2/c1-35-28-50-52-51(29-35)61(47-23-18-37(53(2,3)4)30-40(47)36-16-14-13-15-17-36)48-31-38(59)19-22-45(48)58(52)46-33-43-44(57(11,12)27-26-56(43,9)10)34-49(46)60(50)39-20-21-41-42(32-39)55(7,8)25-24-54(41,5)6;1-38-31-45(35-46(32-38)60(42-20-16-19-41(58)34-42)52-26-21-40(53(2,3)4)33-47(52)39-17-14-13-15-18-39)59(43-22-24-48-50(36-43)56(9,10)29-27-54(48,5)6)44-23-25-49-51(37-44)57(11,12)30-28-55(49,7)8/h13-23,28-34H,24-27H2,1-12H3;13-26,31-37H,27-30H2,1-12H3. The Morgan fingerprint density at radius 2 is 0.702 bits per heavy atom. The van der Waals surface area contributed by atoms with Crippen molar-refractivity contribution in [1.29, 1.82) is 0 Å². The van der Waals surface area contributed by atoms with Crippen molar-refractivity contribution in [3.05, 3.63) is 313 Å². The Morgan fingerprint density at radius 3 is 1.21 bits per heavy atom. The highest BCUT2D eigenvalue weighted by atomic mass is 35.5. The van der Waals surface area contributed by atoms with Crippen LogP contribution in [-0.4, -0.2) is 6.71 Å². The van der Waals surface area contributed by atoms with Crippen LogP contribution < -0.4 is 36.0 Å². The van der Waals surface area contributed by atoms with Crippen molar-refractivity contribution in [3.8, 4) is 22.3 Å². The topological polar surface area (TPSA) is 13.0 Å². The highest BCUT2D eigenvalue weighted by Gasteiger charge is 2.49. The zero-order valence-electron chi connectivity index (χ0n) is 76.8. The summed E-state index contributed by atoms with van der Waals surface area (Å²) in [5, 5.41) is 1.46. The zero-order chi connectivity index (χ0) is 86.2. The summed E-state index contributed by atoms with van der Waals surface area (Å²) in [6, 6.07) is 90.2. The van der Waals surface area contributed by atoms with Gasteiger partial charge >= 0.3 is 0 Å². The van der Waals surface area contributed by atoms with Gasteiger partial charge in [0.25, 0.3) is 6.71 Å². The second-order valence-electron chi connectivity index (χ2n) is 44.1. The molecule has 0 N–H and O–H groups in total. The molecule has 7 heteroatoms. The fourth-order valence-corrected chi connectivity index (χ4v) is 21.8. The number of nitrogens with zero attached hydrogens (tertiary/aromatic N) is 4. The number of hydrogen-bond donors (Lipinski definition) is 0. The van der Waals surface area contributed by atoms with Crippen LogP contribution >= 0.6 is 23.2 Å². The summed E-state index contributed by atoms with van der Waals surface area (Å²) in [5.74, 6) is 0. The van der Waals surface area contributed by atoms with E-state index in [1.165, 1.54) is 191 Å². The first-order chi connectivity index (χ1) is 56.8. The van der Waals surface area contributed by atoms with Crippen molar-refractivity contribution >= 4 is 115 Å². The summed E-state index contributed by atoms with van der Waals surface area (Å²) < 4.78 is 0. The van der Waals surface area contributed by atoms with E-state index >= 15 is 0 Å². The SMILES string of the molecule is Cc1cc(N(c2ccc3c(c2)C(C)(C)CCC3(C)C)c2ccc3c(c2)C(C)(C)CCC3(C)C)cc(N(c2cccc(Cl)c2)c2ccc(C(C)(C)C)cc2-c2ccccc2)c1.Cc1cc2c3c(c1)N(c1ccc(C(C)(C)C)cc1-c1ccccc1)c1cc(Cl)ccc1B3c1cc3c(cc1N2c1ccc2c(c1)C(C)(C)CCC2(C)C)C(C)(C)CCC3(C)C. The van der Waals surface area contributed by atoms with Gasteiger partial charge < -0.3 is 19.6 Å². The van der Waals surface area contributed by atoms with Crippen molar-refractivity contribution in [2.24, 2.45) is 0 Å². The number of halogens is 2. The average Bonchev–Trinajstić information content (AvgIpc) is 0.685. The summed E-state index contributed by atoms with van der Waals surface area (Å²) in [6.07, 6.45) is 9.43. The summed E-state index contributed by atoms with van der Waals surface area (Å²) in [4.78, 5) is 10.1. The molecule has 620 valence electrons. The van der Waals surface area contributed by atoms with Crippen LogP contribution in [-0.2, 0) is 54.1 Å². The second-order valence-corrected chi connectivity index (χ2v) is 45.0. The monoisotopic (exact) mass is 1630 g/mol. The molecule has 0 saturated heterocycles. The van der Waals surface area contributed by atoms with Crippen molar-refractivity contribution < 1.29 is 0 Å². The predicted molar refractivity (Wildman–Crippen MR) is 525 cm³/mol. The van der Waals surface area contributed by atoms with Gasteiger partial charge in [0.15, 0.2) is 0 Å². The number of hydrogen-bond acceptors (Lipinski definition) is 4. The van der Waals surface area contributed by atoms with E-state index in [4.69, 9.17) is 23.2 Å². The Balaban J connectivity index is 0.000000172. The van der Waals surface area contributed by atoms with Gasteiger partial charge in [-0.2, -0.15) is 0 Å². The molecule has 0 saturated carbocycles. The van der Waals surface area contributed by atoms with Crippen LogP contribution in [0.15, 0.2) is 237 Å². The van der Waals surface area contributed by atoms with E-state index in [1.807, 2.05) is 6.07 Å². The molecule has 0 fully saturated rings. The lowest BCUT2D eigenvalue weighted by Gasteiger charge is -2.48. The van der Waals surface area contributed by atoms with Crippen LogP contribution in [0.1, 0.15) is 270 Å². The first-order valence-corrected chi connectivity index (χ1v) is 45.6. The van der Waals surface area contributed by atoms with Crippen LogP contribution in [0.2, 0.25) is 10.0 Å². The molecule has 0 aromatic heterocycles. The molecule has 4 nitrogen and oxygen atoms in total. The van der Waals surface area contributed by atoms with Crippen molar-refractivity contribution in [3.63, 3.8) is 0 Å². The minimum absolute atomic E-state index is 0.0108. The molecule has 0 radical (unpaired) electrons. The maximum absolute atomic E-state index is 7.10. The maximum atomic E-state index is 7.10. The van der Waals surface area contributed by atoms with E-state index in [0.717, 1.165) is 39.1 Å². The summed E-state index contributed by atoms with van der Waals surface area (Å²) in [6.45, 7) is 57.4. The first kappa shape index (κ1) is 83.7. The largest absolute Gasteiger partial charge is 0.311 e. The normalized spacial score (nSPS) is 18.0. The van der Waals surface area contributed by atoms with Gasteiger partial charge in [-0.1, -0.05) is 285 Å². The third kappa shape index (κ3) is 15.0. The van der Waals surface area contributed by atoms with E-state index in [2.05, 4.69) is 416 Å². The van der Waals surface area contributed by atoms with Crippen LogP contribution in [0.3, 0.4) is 0 Å². The Hall–Kier alpha value is -9.52. The van der Waals surface area contributed by atoms with Crippen molar-refractivity contribution in [1.82, 2.24) is 0 Å². The Kier molecular flexibility index (Phi) is 20.5. The van der Waals surface area contributed by atoms with Gasteiger partial charge in [0.2, 0.25) is 0 Å². The fraction of sp³-hybridized carbons (Fsp3) is 0.368. The molecule has 4 aliphatic carbocycles. The molecule has 12 aromatic rings. The first-order valence-electron chi connectivity index (χ1n) is 44.9. The molecule has 6 aliphatic rings. The van der Waals surface area contributed by atoms with Crippen LogP contribution in [0.5, 0.6) is 0 Å². The molecule has 2 heterocycles. The van der Waals surface area contributed by atoms with Crippen molar-refractivity contribution in [2.45, 2.75) is 272 Å². The molecule has 121 heavy (non-hydrogen) atoms. The highest BCUT2D eigenvalue weighted by molar-refractivity contribution is 7.00. The van der Waals surface area contributed by atoms with E-state index in [-0.39, 0.29) is 60.9 Å². The van der Waals surface area contributed by atoms with Gasteiger partial charge in [-0.25, -0.2) is 0 Å². The van der Waals surface area contributed by atoms with Crippen LogP contribution in [0, 0.1) is 13.8 Å². The summed E-state index contributed by atoms with van der Waals surface area (Å²) >= 11 is 13.9. The van der Waals surface area contributed by atoms with Gasteiger partial charge in [-0.15, -0.1) is 0 Å². The second kappa shape index (κ2) is 29.6. The number of benzene rings is 12. The molecule has 0 spiro atoms. The lowest BCUT2D eigenvalue weighted by molar-refractivity contribution is 0.332. The van der Waals surface area contributed by atoms with Crippen LogP contribution in [0.25, 0.3) is 22.3 Å². The smallest absolute Gasteiger partial charge is 0.252 e. The molecule has 18 rings (SSSR count). The minimum Gasteiger partial charge on any atom is -0.311 e. The minimum atomic E-state index is -0.0166. The number of fused-ring (bicyclic) bond motifs is 8. The fourth-order valence-electron chi connectivity index (χ4n) is 21.4. The van der Waals surface area contributed by atoms with Gasteiger partial charge in [0, 0.05) is 78.0 Å². The van der Waals surface area contributed by atoms with E-state index in [9.17, 15) is 0 Å². The number of anilines is 12. The molecule has 2 aliphatic heterocycles. The Morgan fingerprint density at radius 1 is 0.289 bits per heavy atom. The Bertz CT molecular complexity index is 6010. The predicted octanol–water partition coefficient (Wildman–Crippen LogP) is 31.6.